The molecule has 2 aromatic carbocycles. The predicted molar refractivity (Wildman–Crippen MR) is 86.6 cm³/mol. The van der Waals surface area contributed by atoms with Crippen LogP contribution in [0.1, 0.15) is 22.8 Å². The van der Waals surface area contributed by atoms with Crippen LogP contribution in [-0.4, -0.2) is 25.7 Å². The van der Waals surface area contributed by atoms with E-state index in [0.717, 1.165) is 17.1 Å². The van der Waals surface area contributed by atoms with Crippen molar-refractivity contribution in [2.45, 2.75) is 13.8 Å². The molecule has 4 nitrogen and oxygen atoms in total. The van der Waals surface area contributed by atoms with Crippen molar-refractivity contribution in [1.29, 1.82) is 0 Å². The lowest BCUT2D eigenvalue weighted by Crippen LogP contribution is -2.28. The largest absolute Gasteiger partial charge is 0.494 e. The Morgan fingerprint density at radius 3 is 2.14 bits per heavy atom. The van der Waals surface area contributed by atoms with Crippen LogP contribution in [0, 0.1) is 6.92 Å². The highest BCUT2D eigenvalue weighted by atomic mass is 16.5. The van der Waals surface area contributed by atoms with Crippen LogP contribution in [0.2, 0.25) is 0 Å². The quantitative estimate of drug-likeness (QED) is 0.799. The number of amides is 1. The van der Waals surface area contributed by atoms with Crippen LogP contribution in [0.4, 0.5) is 0 Å². The second-order valence-corrected chi connectivity index (χ2v) is 4.87. The molecule has 116 valence electrons. The maximum Gasteiger partial charge on any atom is 0.251 e. The molecular formula is C18H21NO3. The zero-order valence-electron chi connectivity index (χ0n) is 13.0. The highest BCUT2D eigenvalue weighted by Gasteiger charge is 2.04. The lowest BCUT2D eigenvalue weighted by molar-refractivity contribution is 0.0947. The van der Waals surface area contributed by atoms with E-state index in [9.17, 15) is 4.79 Å². The van der Waals surface area contributed by atoms with Gasteiger partial charge in [0.05, 0.1) is 13.2 Å². The molecule has 1 N–H and O–H groups in total. The van der Waals surface area contributed by atoms with Gasteiger partial charge in [-0.15, -0.1) is 0 Å². The molecule has 0 aliphatic rings. The van der Waals surface area contributed by atoms with Gasteiger partial charge in [0.1, 0.15) is 18.1 Å². The molecule has 0 saturated carbocycles. The second-order valence-electron chi connectivity index (χ2n) is 4.87. The molecule has 0 aliphatic carbocycles. The summed E-state index contributed by atoms with van der Waals surface area (Å²) in [5, 5.41) is 2.83. The average Bonchev–Trinajstić information content (AvgIpc) is 2.54. The van der Waals surface area contributed by atoms with Crippen molar-refractivity contribution < 1.29 is 14.3 Å². The lowest BCUT2D eigenvalue weighted by atomic mass is 10.1. The smallest absolute Gasteiger partial charge is 0.251 e. The van der Waals surface area contributed by atoms with Crippen LogP contribution < -0.4 is 14.8 Å². The number of ether oxygens (including phenoxy) is 2. The van der Waals surface area contributed by atoms with E-state index in [2.05, 4.69) is 5.32 Å². The minimum Gasteiger partial charge on any atom is -0.494 e. The van der Waals surface area contributed by atoms with Crippen molar-refractivity contribution in [3.8, 4) is 11.5 Å². The standard InChI is InChI=1S/C18H21NO3/c1-3-21-16-8-10-17(11-9-16)22-13-12-19-18(20)15-6-4-14(2)5-7-15/h4-11H,3,12-13H2,1-2H3,(H,19,20). The number of nitrogens with one attached hydrogen (secondary N) is 1. The fourth-order valence-corrected chi connectivity index (χ4v) is 1.94. The van der Waals surface area contributed by atoms with Gasteiger partial charge in [-0.2, -0.15) is 0 Å². The molecule has 1 amide bonds. The Morgan fingerprint density at radius 1 is 0.955 bits per heavy atom. The number of carbonyl (C=O) groups is 1. The molecule has 0 unspecified atom stereocenters. The molecule has 2 aromatic rings. The molecule has 4 heteroatoms. The van der Waals surface area contributed by atoms with Crippen LogP contribution in [0.25, 0.3) is 0 Å². The van der Waals surface area contributed by atoms with Gasteiger partial charge in [-0.1, -0.05) is 17.7 Å². The van der Waals surface area contributed by atoms with Gasteiger partial charge in [0.15, 0.2) is 0 Å². The first-order valence-electron chi connectivity index (χ1n) is 7.39. The maximum atomic E-state index is 11.9. The van der Waals surface area contributed by atoms with E-state index >= 15 is 0 Å². The highest BCUT2D eigenvalue weighted by Crippen LogP contribution is 2.17. The first-order chi connectivity index (χ1) is 10.7. The van der Waals surface area contributed by atoms with Gasteiger partial charge in [0.25, 0.3) is 5.91 Å². The van der Waals surface area contributed by atoms with Crippen molar-refractivity contribution in [1.82, 2.24) is 5.32 Å². The SMILES string of the molecule is CCOc1ccc(OCCNC(=O)c2ccc(C)cc2)cc1. The van der Waals surface area contributed by atoms with Gasteiger partial charge in [0, 0.05) is 5.56 Å². The number of carbonyl (C=O) groups excluding carboxylic acids is 1. The van der Waals surface area contributed by atoms with E-state index in [0.29, 0.717) is 25.3 Å². The zero-order valence-corrected chi connectivity index (χ0v) is 13.0. The number of benzene rings is 2. The van der Waals surface area contributed by atoms with E-state index in [1.54, 1.807) is 0 Å². The summed E-state index contributed by atoms with van der Waals surface area (Å²) in [6.45, 7) is 5.46. The predicted octanol–water partition coefficient (Wildman–Crippen LogP) is 3.20. The highest BCUT2D eigenvalue weighted by molar-refractivity contribution is 5.94. The van der Waals surface area contributed by atoms with Crippen molar-refractivity contribution in [3.05, 3.63) is 59.7 Å². The van der Waals surface area contributed by atoms with Gasteiger partial charge < -0.3 is 14.8 Å². The summed E-state index contributed by atoms with van der Waals surface area (Å²) in [7, 11) is 0. The van der Waals surface area contributed by atoms with Crippen LogP contribution in [-0.2, 0) is 0 Å². The normalized spacial score (nSPS) is 10.1. The van der Waals surface area contributed by atoms with E-state index in [1.807, 2.05) is 62.4 Å². The first-order valence-corrected chi connectivity index (χ1v) is 7.39. The van der Waals surface area contributed by atoms with E-state index in [-0.39, 0.29) is 5.91 Å². The molecule has 0 aliphatic heterocycles. The molecule has 0 saturated heterocycles. The van der Waals surface area contributed by atoms with E-state index in [4.69, 9.17) is 9.47 Å². The molecule has 0 spiro atoms. The molecule has 0 fully saturated rings. The van der Waals surface area contributed by atoms with Crippen molar-refractivity contribution in [2.75, 3.05) is 19.8 Å². The monoisotopic (exact) mass is 299 g/mol. The third-order valence-electron chi connectivity index (χ3n) is 3.10. The Hall–Kier alpha value is -2.49. The molecule has 0 aromatic heterocycles. The van der Waals surface area contributed by atoms with Crippen LogP contribution >= 0.6 is 0 Å². The van der Waals surface area contributed by atoms with Gasteiger partial charge in [-0.3, -0.25) is 4.79 Å². The van der Waals surface area contributed by atoms with Gasteiger partial charge in [-0.25, -0.2) is 0 Å². The number of hydrogen-bond donors (Lipinski definition) is 1. The molecule has 22 heavy (non-hydrogen) atoms. The first kappa shape index (κ1) is 15.9. The molecule has 0 radical (unpaired) electrons. The minimum atomic E-state index is -0.0877. The van der Waals surface area contributed by atoms with Crippen LogP contribution in [0.15, 0.2) is 48.5 Å². The summed E-state index contributed by atoms with van der Waals surface area (Å²) in [6, 6.07) is 14.9. The number of hydrogen-bond acceptors (Lipinski definition) is 3. The summed E-state index contributed by atoms with van der Waals surface area (Å²) in [5.41, 5.74) is 1.79. The molecular weight excluding hydrogens is 278 g/mol. The Morgan fingerprint density at radius 2 is 1.55 bits per heavy atom. The maximum absolute atomic E-state index is 11.9. The van der Waals surface area contributed by atoms with Crippen molar-refractivity contribution >= 4 is 5.91 Å². The van der Waals surface area contributed by atoms with E-state index in [1.165, 1.54) is 0 Å². The van der Waals surface area contributed by atoms with Crippen molar-refractivity contribution in [3.63, 3.8) is 0 Å². The minimum absolute atomic E-state index is 0.0877. The van der Waals surface area contributed by atoms with Gasteiger partial charge in [0.2, 0.25) is 0 Å². The zero-order chi connectivity index (χ0) is 15.8. The summed E-state index contributed by atoms with van der Waals surface area (Å²) in [5.74, 6) is 1.49. The molecule has 2 rings (SSSR count). The lowest BCUT2D eigenvalue weighted by Gasteiger charge is -2.09. The van der Waals surface area contributed by atoms with Crippen LogP contribution in [0.3, 0.4) is 0 Å². The molecule has 0 bridgehead atoms. The summed E-state index contributed by atoms with van der Waals surface area (Å²) >= 11 is 0. The number of aryl methyl sites for hydroxylation is 1. The Balaban J connectivity index is 1.72. The second kappa shape index (κ2) is 8.08. The molecule has 0 heterocycles. The van der Waals surface area contributed by atoms with Crippen LogP contribution in [0.5, 0.6) is 11.5 Å². The Bertz CT molecular complexity index is 591. The van der Waals surface area contributed by atoms with Gasteiger partial charge in [-0.05, 0) is 50.2 Å². The average molecular weight is 299 g/mol. The van der Waals surface area contributed by atoms with Crippen molar-refractivity contribution in [2.24, 2.45) is 0 Å². The summed E-state index contributed by atoms with van der Waals surface area (Å²) in [6.07, 6.45) is 0. The summed E-state index contributed by atoms with van der Waals surface area (Å²) in [4.78, 5) is 11.9. The summed E-state index contributed by atoms with van der Waals surface area (Å²) < 4.78 is 10.9. The Labute approximate surface area is 131 Å². The fraction of sp³-hybridized carbons (Fsp3) is 0.278. The fourth-order valence-electron chi connectivity index (χ4n) is 1.94. The van der Waals surface area contributed by atoms with Gasteiger partial charge >= 0.3 is 0 Å². The Kier molecular flexibility index (Phi) is 5.83. The number of rotatable bonds is 7. The van der Waals surface area contributed by atoms with E-state index < -0.39 is 0 Å². The third-order valence-corrected chi connectivity index (χ3v) is 3.10. The third kappa shape index (κ3) is 4.81. The topological polar surface area (TPSA) is 47.6 Å². The molecule has 0 atom stereocenters.